The second-order valence-corrected chi connectivity index (χ2v) is 36.9. The van der Waals surface area contributed by atoms with E-state index in [-0.39, 0.29) is 0 Å². The fourth-order valence-corrected chi connectivity index (χ4v) is 23.2. The van der Waals surface area contributed by atoms with Crippen molar-refractivity contribution in [3.63, 3.8) is 0 Å². The van der Waals surface area contributed by atoms with Crippen molar-refractivity contribution in [3.8, 4) is 35.2 Å². The highest BCUT2D eigenvalue weighted by Crippen LogP contribution is 2.69. The zero-order valence-corrected chi connectivity index (χ0v) is 66.7. The van der Waals surface area contributed by atoms with E-state index in [2.05, 4.69) is 178 Å². The summed E-state index contributed by atoms with van der Waals surface area (Å²) in [5.74, 6) is 26.2. The van der Waals surface area contributed by atoms with Gasteiger partial charge in [-0.1, -0.05) is 236 Å². The van der Waals surface area contributed by atoms with Gasteiger partial charge in [-0.25, -0.2) is 0 Å². The van der Waals surface area contributed by atoms with Crippen molar-refractivity contribution in [2.75, 3.05) is 39.5 Å². The molecule has 8 aliphatic rings. The lowest BCUT2D eigenvalue weighted by molar-refractivity contribution is -0.0641. The molecule has 6 nitrogen and oxygen atoms in total. The Hall–Kier alpha value is -4.30. The van der Waals surface area contributed by atoms with Gasteiger partial charge in [-0.3, -0.25) is 0 Å². The molecule has 0 radical (unpaired) electrons. The molecule has 6 fully saturated rings. The first kappa shape index (κ1) is 78.8. The molecule has 6 heteroatoms. The first-order chi connectivity index (χ1) is 49.4. The van der Waals surface area contributed by atoms with Crippen LogP contribution in [0, 0.1) is 123 Å². The van der Waals surface area contributed by atoms with Crippen LogP contribution in [0.2, 0.25) is 0 Å². The number of benzene rings is 3. The Labute approximate surface area is 624 Å². The lowest BCUT2D eigenvalue weighted by Crippen LogP contribution is -2.51. The topological polar surface area (TPSA) is 75.0 Å². The van der Waals surface area contributed by atoms with E-state index in [1.807, 2.05) is 0 Å². The van der Waals surface area contributed by atoms with Gasteiger partial charge < -0.3 is 30.0 Å². The summed E-state index contributed by atoms with van der Waals surface area (Å²) >= 11 is 0. The Morgan fingerprint density at radius 3 is 1.31 bits per heavy atom. The number of fused-ring (bicyclic) bond motifs is 10. The van der Waals surface area contributed by atoms with E-state index < -0.39 is 0 Å². The molecule has 11 rings (SSSR count). The van der Waals surface area contributed by atoms with Crippen LogP contribution < -0.4 is 20.5 Å². The number of ether oxygens (including phenoxy) is 4. The van der Waals surface area contributed by atoms with Crippen LogP contribution in [0.3, 0.4) is 0 Å². The lowest BCUT2D eigenvalue weighted by atomic mass is 9.47. The number of aryl methyl sites for hydroxylation is 1. The molecule has 0 heterocycles. The number of nitrogens with one attached hydrogen (secondary N) is 1. The van der Waals surface area contributed by atoms with Crippen LogP contribution in [-0.2, 0) is 16.0 Å². The van der Waals surface area contributed by atoms with Gasteiger partial charge in [-0.2, -0.15) is 0 Å². The van der Waals surface area contributed by atoms with Crippen LogP contribution >= 0.6 is 0 Å². The molecule has 102 heavy (non-hydrogen) atoms. The number of nitrogens with two attached hydrogens (primary N) is 1. The molecule has 0 aliphatic heterocycles. The van der Waals surface area contributed by atoms with E-state index in [1.54, 1.807) is 11.1 Å². The minimum atomic E-state index is 0.382. The van der Waals surface area contributed by atoms with Gasteiger partial charge >= 0.3 is 0 Å². The quantitative estimate of drug-likeness (QED) is 0.0343. The molecule has 0 spiro atoms. The molecule has 3 N–H and O–H groups in total. The number of rotatable bonds is 36. The highest BCUT2D eigenvalue weighted by Gasteiger charge is 2.61. The van der Waals surface area contributed by atoms with E-state index in [1.165, 1.54) is 184 Å². The molecule has 10 unspecified atom stereocenters. The number of hydrogen-bond donors (Lipinski definition) is 2. The normalized spacial score (nSPS) is 30.6. The maximum Gasteiger partial charge on any atom is 0.136 e. The van der Waals surface area contributed by atoms with Crippen LogP contribution in [0.5, 0.6) is 11.5 Å². The minimum Gasteiger partial charge on any atom is -0.492 e. The van der Waals surface area contributed by atoms with Crippen molar-refractivity contribution in [3.05, 3.63) is 117 Å². The van der Waals surface area contributed by atoms with E-state index in [0.717, 1.165) is 176 Å². The number of hydrogen-bond acceptors (Lipinski definition) is 6. The molecular weight excluding hydrogens is 1250 g/mol. The van der Waals surface area contributed by atoms with E-state index in [4.69, 9.17) is 24.7 Å². The molecule has 3 aromatic rings. The van der Waals surface area contributed by atoms with Crippen LogP contribution in [0.15, 0.2) is 84.0 Å². The summed E-state index contributed by atoms with van der Waals surface area (Å²) in [6.45, 7) is 33.0. The number of unbranched alkanes of at least 4 members (excludes halogenated alkanes) is 10. The van der Waals surface area contributed by atoms with Gasteiger partial charge in [0.1, 0.15) is 11.5 Å². The van der Waals surface area contributed by atoms with Gasteiger partial charge in [0.25, 0.3) is 0 Å². The Bertz CT molecular complexity index is 3280. The molecule has 6 saturated carbocycles. The summed E-state index contributed by atoms with van der Waals surface area (Å²) < 4.78 is 26.9. The van der Waals surface area contributed by atoms with Crippen LogP contribution in [-0.4, -0.2) is 51.7 Å². The zero-order valence-electron chi connectivity index (χ0n) is 66.7. The van der Waals surface area contributed by atoms with Crippen molar-refractivity contribution in [1.82, 2.24) is 5.32 Å². The third-order valence-corrected chi connectivity index (χ3v) is 29.2. The molecule has 16 atom stereocenters. The summed E-state index contributed by atoms with van der Waals surface area (Å²) in [4.78, 5) is 0. The smallest absolute Gasteiger partial charge is 0.136 e. The predicted octanol–water partition coefficient (Wildman–Crippen LogP) is 24.1. The fraction of sp³-hybridized carbons (Fsp3) is 0.729. The average Bonchev–Trinajstić information content (AvgIpc) is 1.40. The molecule has 0 aromatic heterocycles. The van der Waals surface area contributed by atoms with Crippen molar-refractivity contribution in [1.29, 1.82) is 0 Å². The van der Waals surface area contributed by atoms with E-state index in [0.29, 0.717) is 53.6 Å². The van der Waals surface area contributed by atoms with Crippen molar-refractivity contribution >= 4 is 0 Å². The first-order valence-electron chi connectivity index (χ1n) is 43.0. The van der Waals surface area contributed by atoms with Gasteiger partial charge in [0.2, 0.25) is 0 Å². The van der Waals surface area contributed by atoms with Gasteiger partial charge in [-0.15, -0.1) is 0 Å². The molecule has 3 aromatic carbocycles. The highest BCUT2D eigenvalue weighted by molar-refractivity contribution is 5.61. The van der Waals surface area contributed by atoms with E-state index in [9.17, 15) is 0 Å². The summed E-state index contributed by atoms with van der Waals surface area (Å²) in [7, 11) is 0. The summed E-state index contributed by atoms with van der Waals surface area (Å²) in [6, 6.07) is 21.2. The SMILES string of the molecule is Cc1ccc(C#Cc2cc(OCCCCCCCCO[C@H]3CC[C@@]4(C)C(=CCC5C6CCC(C(C)CCCC(C)C)[C@@]6(C)CCC54)C3)c(C#Cc3ccc(CNCCN)cc3)cc2OCCCCCCCCO[C@H]2CC[C@@]3(C)C(=CCC4C5CCC(C(C)CCCC(C)C)[C@@]5(C)CCC43)C2)cc1. The lowest BCUT2D eigenvalue weighted by Gasteiger charge is -2.58. The third-order valence-electron chi connectivity index (χ3n) is 29.2. The molecular formula is C96H144N2O4. The monoisotopic (exact) mass is 1390 g/mol. The molecule has 562 valence electrons. The van der Waals surface area contributed by atoms with Crippen LogP contribution in [0.4, 0.5) is 0 Å². The van der Waals surface area contributed by atoms with E-state index >= 15 is 0 Å². The number of allylic oxidation sites excluding steroid dienone is 2. The van der Waals surface area contributed by atoms with Gasteiger partial charge in [0, 0.05) is 56.1 Å². The highest BCUT2D eigenvalue weighted by atomic mass is 16.5. The standard InChI is InChI=1S/C96H144N2O4/c1-69(2)26-24-28-72(6)85-46-48-87-83-44-42-79-66-81(50-54-93(79,8)89(83)52-56-95(85,87)10)99-60-20-16-12-14-18-22-62-101-91-65-78(41-39-75-34-36-76(37-35-75)68-98-59-58-97)92(64-77(91)40-38-74-32-30-71(5)31-33-74)102-63-23-19-15-13-17-21-61-100-82-51-55-94(9)80(67-82)43-45-84-88-49-47-86(73(7)29-25-27-70(3)4)96(88,11)57-53-90(84)94/h30-37,42-43,64-65,69-70,72-73,81-90,98H,12-29,44-63,66-68,97H2,1-11H3/t72?,73?,81-,82-,83?,84?,85?,86?,87?,88?,89?,90?,93-,94-,95+,96+/m0/s1. The Kier molecular flexibility index (Phi) is 28.9. The van der Waals surface area contributed by atoms with Gasteiger partial charge in [0.15, 0.2) is 0 Å². The van der Waals surface area contributed by atoms with Gasteiger partial charge in [-0.05, 0) is 258 Å². The second-order valence-electron chi connectivity index (χ2n) is 36.9. The average molecular weight is 1390 g/mol. The Morgan fingerprint density at radius 1 is 0.461 bits per heavy atom. The first-order valence-corrected chi connectivity index (χ1v) is 43.0. The molecule has 0 saturated heterocycles. The summed E-state index contributed by atoms with van der Waals surface area (Å²) in [6.07, 6.45) is 50.4. The zero-order chi connectivity index (χ0) is 71.7. The molecule has 8 aliphatic carbocycles. The summed E-state index contributed by atoms with van der Waals surface area (Å²) in [5, 5.41) is 3.41. The largest absolute Gasteiger partial charge is 0.492 e. The molecule has 0 bridgehead atoms. The maximum atomic E-state index is 6.73. The summed E-state index contributed by atoms with van der Waals surface area (Å²) in [5.41, 5.74) is 17.2. The van der Waals surface area contributed by atoms with Crippen molar-refractivity contribution < 1.29 is 18.9 Å². The van der Waals surface area contributed by atoms with Crippen LogP contribution in [0.1, 0.15) is 321 Å². The predicted molar refractivity (Wildman–Crippen MR) is 429 cm³/mol. The second kappa shape index (κ2) is 37.5. The molecule has 0 amide bonds. The fourth-order valence-electron chi connectivity index (χ4n) is 23.2. The Morgan fingerprint density at radius 2 is 0.882 bits per heavy atom. The Balaban J connectivity index is 0.618. The van der Waals surface area contributed by atoms with Crippen LogP contribution in [0.25, 0.3) is 0 Å². The van der Waals surface area contributed by atoms with Crippen molar-refractivity contribution in [2.45, 2.75) is 313 Å². The van der Waals surface area contributed by atoms with Gasteiger partial charge in [0.05, 0.1) is 36.5 Å². The van der Waals surface area contributed by atoms with Crippen molar-refractivity contribution in [2.24, 2.45) is 98.4 Å². The third kappa shape index (κ3) is 19.7. The maximum absolute atomic E-state index is 6.73. The minimum absolute atomic E-state index is 0.382.